The third kappa shape index (κ3) is 3.26. The first-order chi connectivity index (χ1) is 9.28. The van der Waals surface area contributed by atoms with Crippen molar-refractivity contribution in [2.75, 3.05) is 18.5 Å². The molecule has 1 saturated heterocycles. The topological polar surface area (TPSA) is 73.6 Å². The number of rotatable bonds is 3. The molecule has 1 fully saturated rings. The van der Waals surface area contributed by atoms with E-state index in [0.29, 0.717) is 18.8 Å². The van der Waals surface area contributed by atoms with Crippen molar-refractivity contribution in [3.63, 3.8) is 0 Å². The van der Waals surface area contributed by atoms with Gasteiger partial charge in [0.1, 0.15) is 0 Å². The van der Waals surface area contributed by atoms with Crippen LogP contribution in [0.2, 0.25) is 0 Å². The Kier molecular flexibility index (Phi) is 3.96. The first kappa shape index (κ1) is 14.7. The first-order valence-electron chi connectivity index (χ1n) is 6.58. The second-order valence-corrected chi connectivity index (χ2v) is 5.57. The van der Waals surface area contributed by atoms with Crippen molar-refractivity contribution >= 4 is 11.4 Å². The number of nitro benzene ring substituents is 1. The Morgan fingerprint density at radius 1 is 1.25 bits per heavy atom. The normalized spacial score (nSPS) is 18.8. The molecule has 0 aromatic heterocycles. The summed E-state index contributed by atoms with van der Waals surface area (Å²) in [7, 11) is 0. The lowest BCUT2D eigenvalue weighted by atomic mass is 10.1. The Hall–Kier alpha value is -1.66. The van der Waals surface area contributed by atoms with Crippen molar-refractivity contribution in [2.45, 2.75) is 39.5 Å². The molecule has 1 aromatic rings. The maximum Gasteiger partial charge on any atom is 0.272 e. The van der Waals surface area contributed by atoms with Crippen LogP contribution >= 0.6 is 0 Å². The van der Waals surface area contributed by atoms with Gasteiger partial charge in [-0.1, -0.05) is 0 Å². The van der Waals surface area contributed by atoms with Crippen LogP contribution < -0.4 is 5.32 Å². The molecule has 6 heteroatoms. The molecule has 110 valence electrons. The highest BCUT2D eigenvalue weighted by molar-refractivity contribution is 5.59. The van der Waals surface area contributed by atoms with E-state index in [1.54, 1.807) is 19.1 Å². The van der Waals surface area contributed by atoms with E-state index in [-0.39, 0.29) is 16.7 Å². The molecule has 0 atom stereocenters. The molecule has 1 aliphatic heterocycles. The van der Waals surface area contributed by atoms with Crippen molar-refractivity contribution in [2.24, 2.45) is 0 Å². The van der Waals surface area contributed by atoms with Gasteiger partial charge in [-0.15, -0.1) is 0 Å². The molecule has 0 bridgehead atoms. The van der Waals surface area contributed by atoms with Crippen LogP contribution in [0.15, 0.2) is 12.1 Å². The van der Waals surface area contributed by atoms with E-state index >= 15 is 0 Å². The number of aryl methyl sites for hydroxylation is 2. The number of nitro groups is 1. The van der Waals surface area contributed by atoms with Gasteiger partial charge in [0.25, 0.3) is 5.69 Å². The average molecular weight is 280 g/mol. The molecule has 6 nitrogen and oxygen atoms in total. The second kappa shape index (κ2) is 5.38. The fourth-order valence-electron chi connectivity index (χ4n) is 2.15. The van der Waals surface area contributed by atoms with Gasteiger partial charge in [0.05, 0.1) is 24.2 Å². The molecule has 0 aliphatic carbocycles. The molecule has 0 spiro atoms. The van der Waals surface area contributed by atoms with E-state index in [2.05, 4.69) is 5.32 Å². The van der Waals surface area contributed by atoms with Crippen molar-refractivity contribution in [1.82, 2.24) is 0 Å². The molecule has 1 N–H and O–H groups in total. The second-order valence-electron chi connectivity index (χ2n) is 5.57. The third-order valence-electron chi connectivity index (χ3n) is 3.36. The maximum absolute atomic E-state index is 10.9. The highest BCUT2D eigenvalue weighted by Gasteiger charge is 2.28. The van der Waals surface area contributed by atoms with Crippen LogP contribution in [0.1, 0.15) is 25.0 Å². The number of nitrogens with one attached hydrogen (secondary N) is 1. The predicted molar refractivity (Wildman–Crippen MR) is 76.0 cm³/mol. The molecule has 2 rings (SSSR count). The minimum absolute atomic E-state index is 0.0441. The van der Waals surface area contributed by atoms with Crippen LogP contribution in [0, 0.1) is 24.0 Å². The van der Waals surface area contributed by atoms with Crippen LogP contribution in [0.25, 0.3) is 0 Å². The van der Waals surface area contributed by atoms with Crippen LogP contribution in [0.4, 0.5) is 11.4 Å². The molecule has 0 saturated carbocycles. The largest absolute Gasteiger partial charge is 0.377 e. The molecular formula is C14H20N2O4. The summed E-state index contributed by atoms with van der Waals surface area (Å²) in [6.45, 7) is 8.43. The van der Waals surface area contributed by atoms with Crippen LogP contribution in [0.3, 0.4) is 0 Å². The minimum atomic E-state index is -0.543. The summed E-state index contributed by atoms with van der Waals surface area (Å²) in [6, 6.07) is 3.43. The fraction of sp³-hybridized carbons (Fsp3) is 0.571. The van der Waals surface area contributed by atoms with Crippen LogP contribution in [-0.4, -0.2) is 30.0 Å². The Balaban J connectivity index is 2.11. The van der Waals surface area contributed by atoms with Crippen molar-refractivity contribution in [1.29, 1.82) is 0 Å². The smallest absolute Gasteiger partial charge is 0.272 e. The van der Waals surface area contributed by atoms with E-state index < -0.39 is 5.79 Å². The van der Waals surface area contributed by atoms with Gasteiger partial charge in [-0.3, -0.25) is 10.1 Å². The Labute approximate surface area is 118 Å². The Morgan fingerprint density at radius 3 is 2.40 bits per heavy atom. The van der Waals surface area contributed by atoms with E-state index in [1.807, 2.05) is 20.8 Å². The maximum atomic E-state index is 10.9. The zero-order chi connectivity index (χ0) is 14.9. The van der Waals surface area contributed by atoms with E-state index in [0.717, 1.165) is 11.3 Å². The summed E-state index contributed by atoms with van der Waals surface area (Å²) < 4.78 is 11.2. The molecule has 1 aliphatic rings. The zero-order valence-corrected chi connectivity index (χ0v) is 12.2. The number of hydrogen-bond acceptors (Lipinski definition) is 5. The molecular weight excluding hydrogens is 260 g/mol. The summed E-state index contributed by atoms with van der Waals surface area (Å²) in [5, 5.41) is 14.2. The highest BCUT2D eigenvalue weighted by atomic mass is 16.7. The molecule has 1 aromatic carbocycles. The van der Waals surface area contributed by atoms with E-state index in [4.69, 9.17) is 9.47 Å². The number of nitrogens with zero attached hydrogens (tertiary/aromatic N) is 1. The lowest BCUT2D eigenvalue weighted by molar-refractivity contribution is -0.385. The molecule has 0 radical (unpaired) electrons. The summed E-state index contributed by atoms with van der Waals surface area (Å²) in [5.41, 5.74) is 2.50. The highest BCUT2D eigenvalue weighted by Crippen LogP contribution is 2.27. The van der Waals surface area contributed by atoms with Gasteiger partial charge in [-0.05, 0) is 39.3 Å². The van der Waals surface area contributed by atoms with Crippen molar-refractivity contribution < 1.29 is 14.4 Å². The number of ether oxygens (including phenoxy) is 2. The lowest BCUT2D eigenvalue weighted by Gasteiger charge is -2.35. The lowest BCUT2D eigenvalue weighted by Crippen LogP contribution is -2.45. The number of benzene rings is 1. The Bertz CT molecular complexity index is 518. The van der Waals surface area contributed by atoms with E-state index in [1.165, 1.54) is 0 Å². The molecule has 20 heavy (non-hydrogen) atoms. The van der Waals surface area contributed by atoms with Gasteiger partial charge < -0.3 is 14.8 Å². The summed E-state index contributed by atoms with van der Waals surface area (Å²) in [5.74, 6) is -0.543. The fourth-order valence-corrected chi connectivity index (χ4v) is 2.15. The third-order valence-corrected chi connectivity index (χ3v) is 3.36. The van der Waals surface area contributed by atoms with Gasteiger partial charge in [-0.25, -0.2) is 0 Å². The Morgan fingerprint density at radius 2 is 1.85 bits per heavy atom. The minimum Gasteiger partial charge on any atom is -0.377 e. The van der Waals surface area contributed by atoms with Gasteiger partial charge in [0, 0.05) is 17.3 Å². The predicted octanol–water partition coefficient (Wildman–Crippen LogP) is 2.78. The summed E-state index contributed by atoms with van der Waals surface area (Å²) in [6.07, 6.45) is 0. The monoisotopic (exact) mass is 280 g/mol. The SMILES string of the molecule is Cc1cc([N+](=O)[O-])c(C)cc1NC1COC(C)(C)OC1. The van der Waals surface area contributed by atoms with Gasteiger partial charge in [0.15, 0.2) is 5.79 Å². The van der Waals surface area contributed by atoms with Gasteiger partial charge >= 0.3 is 0 Å². The summed E-state index contributed by atoms with van der Waals surface area (Å²) in [4.78, 5) is 10.5. The van der Waals surface area contributed by atoms with Gasteiger partial charge in [0.2, 0.25) is 0 Å². The van der Waals surface area contributed by atoms with Crippen LogP contribution in [-0.2, 0) is 9.47 Å². The van der Waals surface area contributed by atoms with Gasteiger partial charge in [-0.2, -0.15) is 0 Å². The van der Waals surface area contributed by atoms with Crippen molar-refractivity contribution in [3.05, 3.63) is 33.4 Å². The molecule has 0 amide bonds. The zero-order valence-electron chi connectivity index (χ0n) is 12.2. The quantitative estimate of drug-likeness (QED) is 0.680. The molecule has 0 unspecified atom stereocenters. The van der Waals surface area contributed by atoms with E-state index in [9.17, 15) is 10.1 Å². The molecule has 1 heterocycles. The summed E-state index contributed by atoms with van der Waals surface area (Å²) >= 11 is 0. The number of hydrogen-bond donors (Lipinski definition) is 1. The standard InChI is InChI=1S/C14H20N2O4/c1-9-6-13(16(17)18)10(2)5-12(9)15-11-7-19-14(3,4)20-8-11/h5-6,11,15H,7-8H2,1-4H3. The average Bonchev–Trinajstić information content (AvgIpc) is 2.35. The number of anilines is 1. The first-order valence-corrected chi connectivity index (χ1v) is 6.58. The van der Waals surface area contributed by atoms with Crippen molar-refractivity contribution in [3.8, 4) is 0 Å². The van der Waals surface area contributed by atoms with Crippen LogP contribution in [0.5, 0.6) is 0 Å².